The highest BCUT2D eigenvalue weighted by Crippen LogP contribution is 2.27. The molecule has 5 heteroatoms. The Bertz CT molecular complexity index is 469. The molecule has 0 aromatic carbocycles. The molecule has 0 amide bonds. The van der Waals surface area contributed by atoms with Gasteiger partial charge in [-0.1, -0.05) is 6.92 Å². The molecule has 1 aliphatic heterocycles. The first-order valence-corrected chi connectivity index (χ1v) is 7.31. The third-order valence-corrected chi connectivity index (χ3v) is 4.58. The zero-order valence-electron chi connectivity index (χ0n) is 11.0. The lowest BCUT2D eigenvalue weighted by Crippen LogP contribution is -2.34. The third kappa shape index (κ3) is 3.65. The molecule has 0 spiro atoms. The number of rotatable bonds is 5. The van der Waals surface area contributed by atoms with Crippen molar-refractivity contribution < 1.29 is 15.0 Å². The van der Waals surface area contributed by atoms with E-state index in [0.29, 0.717) is 5.92 Å². The van der Waals surface area contributed by atoms with Crippen LogP contribution in [0.15, 0.2) is 17.5 Å². The van der Waals surface area contributed by atoms with E-state index in [0.717, 1.165) is 31.1 Å². The van der Waals surface area contributed by atoms with Crippen molar-refractivity contribution in [3.8, 4) is 0 Å². The van der Waals surface area contributed by atoms with Crippen LogP contribution in [0.2, 0.25) is 0 Å². The summed E-state index contributed by atoms with van der Waals surface area (Å²) in [6.45, 7) is 4.24. The maximum absolute atomic E-state index is 10.5. The van der Waals surface area contributed by atoms with Gasteiger partial charge in [-0.15, -0.1) is 11.3 Å². The number of thiophene rings is 1. The Kier molecular flexibility index (Phi) is 4.74. The first-order chi connectivity index (χ1) is 9.10. The summed E-state index contributed by atoms with van der Waals surface area (Å²) in [5, 5.41) is 20.0. The van der Waals surface area contributed by atoms with Crippen molar-refractivity contribution in [3.63, 3.8) is 0 Å². The minimum atomic E-state index is -0.929. The van der Waals surface area contributed by atoms with Crippen molar-refractivity contribution >= 4 is 23.4 Å². The Labute approximate surface area is 117 Å². The van der Waals surface area contributed by atoms with E-state index in [2.05, 4.69) is 11.8 Å². The average molecular weight is 281 g/mol. The number of aliphatic hydroxyl groups excluding tert-OH is 1. The Balaban J connectivity index is 1.98. The number of carboxylic acids is 1. The van der Waals surface area contributed by atoms with Gasteiger partial charge in [0.05, 0.1) is 6.61 Å². The van der Waals surface area contributed by atoms with Crippen LogP contribution >= 0.6 is 11.3 Å². The number of hydrogen-bond donors (Lipinski definition) is 2. The first-order valence-electron chi connectivity index (χ1n) is 6.43. The molecule has 2 heterocycles. The molecule has 1 aromatic heterocycles. The molecule has 1 saturated heterocycles. The molecule has 2 atom stereocenters. The quantitative estimate of drug-likeness (QED) is 0.811. The van der Waals surface area contributed by atoms with Crippen molar-refractivity contribution in [1.29, 1.82) is 0 Å². The topological polar surface area (TPSA) is 60.8 Å². The Hall–Kier alpha value is -1.17. The SMILES string of the molecule is CC1CCN(Cc2cc(/C=C/C(=O)O)cs2)C1CO. The van der Waals surface area contributed by atoms with Crippen LogP contribution in [0.5, 0.6) is 0 Å². The molecule has 4 nitrogen and oxygen atoms in total. The smallest absolute Gasteiger partial charge is 0.328 e. The Morgan fingerprint density at radius 3 is 3.11 bits per heavy atom. The summed E-state index contributed by atoms with van der Waals surface area (Å²) in [7, 11) is 0. The molecule has 2 rings (SSSR count). The van der Waals surface area contributed by atoms with E-state index >= 15 is 0 Å². The number of likely N-dealkylation sites (tertiary alicyclic amines) is 1. The molecule has 19 heavy (non-hydrogen) atoms. The van der Waals surface area contributed by atoms with Crippen molar-refractivity contribution in [2.45, 2.75) is 25.9 Å². The highest BCUT2D eigenvalue weighted by atomic mass is 32.1. The molecule has 0 radical (unpaired) electrons. The summed E-state index contributed by atoms with van der Waals surface area (Å²) < 4.78 is 0. The van der Waals surface area contributed by atoms with Gasteiger partial charge in [-0.3, -0.25) is 4.90 Å². The largest absolute Gasteiger partial charge is 0.478 e. The van der Waals surface area contributed by atoms with Crippen molar-refractivity contribution in [2.24, 2.45) is 5.92 Å². The van der Waals surface area contributed by atoms with Gasteiger partial charge in [0.1, 0.15) is 0 Å². The lowest BCUT2D eigenvalue weighted by atomic mass is 10.0. The highest BCUT2D eigenvalue weighted by Gasteiger charge is 2.30. The van der Waals surface area contributed by atoms with E-state index in [4.69, 9.17) is 5.11 Å². The van der Waals surface area contributed by atoms with Gasteiger partial charge < -0.3 is 10.2 Å². The second kappa shape index (κ2) is 6.32. The molecule has 0 aliphatic carbocycles. The van der Waals surface area contributed by atoms with Crippen LogP contribution in [0, 0.1) is 5.92 Å². The van der Waals surface area contributed by atoms with Crippen LogP contribution in [0.3, 0.4) is 0 Å². The lowest BCUT2D eigenvalue weighted by molar-refractivity contribution is -0.131. The fraction of sp³-hybridized carbons (Fsp3) is 0.500. The summed E-state index contributed by atoms with van der Waals surface area (Å²) >= 11 is 1.63. The summed E-state index contributed by atoms with van der Waals surface area (Å²) in [6, 6.07) is 2.27. The number of hydrogen-bond acceptors (Lipinski definition) is 4. The first kappa shape index (κ1) is 14.2. The fourth-order valence-electron chi connectivity index (χ4n) is 2.51. The molecule has 0 saturated carbocycles. The van der Waals surface area contributed by atoms with Gasteiger partial charge in [0.2, 0.25) is 0 Å². The number of nitrogens with zero attached hydrogens (tertiary/aromatic N) is 1. The third-order valence-electron chi connectivity index (χ3n) is 3.64. The molecule has 1 aromatic rings. The second-order valence-electron chi connectivity index (χ2n) is 5.00. The molecule has 1 aliphatic rings. The van der Waals surface area contributed by atoms with Gasteiger partial charge in [0.25, 0.3) is 0 Å². The minimum absolute atomic E-state index is 0.207. The molecular formula is C14H19NO3S. The van der Waals surface area contributed by atoms with Crippen LogP contribution < -0.4 is 0 Å². The maximum atomic E-state index is 10.5. The lowest BCUT2D eigenvalue weighted by Gasteiger charge is -2.24. The average Bonchev–Trinajstić information content (AvgIpc) is 2.95. The molecule has 1 fully saturated rings. The van der Waals surface area contributed by atoms with Gasteiger partial charge in [0, 0.05) is 23.5 Å². The standard InChI is InChI=1S/C14H19NO3S/c1-10-4-5-15(13(10)8-16)7-12-6-11(9-19-12)2-3-14(17)18/h2-3,6,9-10,13,16H,4-5,7-8H2,1H3,(H,17,18)/b3-2+. The van der Waals surface area contributed by atoms with Crippen molar-refractivity contribution in [3.05, 3.63) is 28.0 Å². The van der Waals surface area contributed by atoms with Crippen molar-refractivity contribution in [2.75, 3.05) is 13.2 Å². The predicted molar refractivity (Wildman–Crippen MR) is 76.1 cm³/mol. The van der Waals surface area contributed by atoms with E-state index in [1.807, 2.05) is 11.4 Å². The normalized spacial score (nSPS) is 24.3. The van der Waals surface area contributed by atoms with Crippen LogP contribution in [0.1, 0.15) is 23.8 Å². The van der Waals surface area contributed by atoms with Gasteiger partial charge in [-0.05, 0) is 42.0 Å². The summed E-state index contributed by atoms with van der Waals surface area (Å²) in [5.41, 5.74) is 0.926. The summed E-state index contributed by atoms with van der Waals surface area (Å²) in [6.07, 6.45) is 3.89. The van der Waals surface area contributed by atoms with Crippen LogP contribution in [-0.4, -0.2) is 40.3 Å². The number of carboxylic acid groups (broad SMARTS) is 1. The van der Waals surface area contributed by atoms with Gasteiger partial charge in [-0.25, -0.2) is 4.79 Å². The number of aliphatic hydroxyl groups is 1. The number of carbonyl (C=O) groups is 1. The Morgan fingerprint density at radius 2 is 2.42 bits per heavy atom. The molecule has 2 unspecified atom stereocenters. The van der Waals surface area contributed by atoms with Crippen LogP contribution in [0.4, 0.5) is 0 Å². The van der Waals surface area contributed by atoms with E-state index < -0.39 is 5.97 Å². The van der Waals surface area contributed by atoms with Crippen LogP contribution in [-0.2, 0) is 11.3 Å². The van der Waals surface area contributed by atoms with Crippen LogP contribution in [0.25, 0.3) is 6.08 Å². The fourth-order valence-corrected chi connectivity index (χ4v) is 3.39. The predicted octanol–water partition coefficient (Wildman–Crippen LogP) is 2.05. The summed E-state index contributed by atoms with van der Waals surface area (Å²) in [4.78, 5) is 14.0. The van der Waals surface area contributed by atoms with Gasteiger partial charge >= 0.3 is 5.97 Å². The molecular weight excluding hydrogens is 262 g/mol. The van der Waals surface area contributed by atoms with E-state index in [1.165, 1.54) is 4.88 Å². The number of aliphatic carboxylic acids is 1. The second-order valence-corrected chi connectivity index (χ2v) is 6.00. The monoisotopic (exact) mass is 281 g/mol. The van der Waals surface area contributed by atoms with E-state index in [9.17, 15) is 9.90 Å². The van der Waals surface area contributed by atoms with Crippen molar-refractivity contribution in [1.82, 2.24) is 4.90 Å². The summed E-state index contributed by atoms with van der Waals surface area (Å²) in [5.74, 6) is -0.391. The molecule has 0 bridgehead atoms. The van der Waals surface area contributed by atoms with E-state index in [1.54, 1.807) is 17.4 Å². The van der Waals surface area contributed by atoms with E-state index in [-0.39, 0.29) is 12.6 Å². The molecule has 2 N–H and O–H groups in total. The molecule has 104 valence electrons. The highest BCUT2D eigenvalue weighted by molar-refractivity contribution is 7.10. The Morgan fingerprint density at radius 1 is 1.63 bits per heavy atom. The zero-order valence-corrected chi connectivity index (χ0v) is 11.8. The maximum Gasteiger partial charge on any atom is 0.328 e. The minimum Gasteiger partial charge on any atom is -0.478 e. The van der Waals surface area contributed by atoms with Gasteiger partial charge in [-0.2, -0.15) is 0 Å². The van der Waals surface area contributed by atoms with Gasteiger partial charge in [0.15, 0.2) is 0 Å². The zero-order chi connectivity index (χ0) is 13.8.